The monoisotopic (exact) mass is 449 g/mol. The van der Waals surface area contributed by atoms with E-state index < -0.39 is 0 Å². The summed E-state index contributed by atoms with van der Waals surface area (Å²) in [5, 5.41) is 10.0. The van der Waals surface area contributed by atoms with E-state index >= 15 is 0 Å². The summed E-state index contributed by atoms with van der Waals surface area (Å²) in [7, 11) is 0. The van der Waals surface area contributed by atoms with Crippen LogP contribution in [0.1, 0.15) is 61.5 Å². The normalized spacial score (nSPS) is 16.3. The molecule has 1 heterocycles. The number of amides is 1. The van der Waals surface area contributed by atoms with Crippen molar-refractivity contribution in [1.82, 2.24) is 20.9 Å². The van der Waals surface area contributed by atoms with E-state index in [0.29, 0.717) is 18.2 Å². The second-order valence-corrected chi connectivity index (χ2v) is 8.86. The van der Waals surface area contributed by atoms with E-state index in [1.807, 2.05) is 31.2 Å². The van der Waals surface area contributed by atoms with Gasteiger partial charge >= 0.3 is 0 Å². The third-order valence-electron chi connectivity index (χ3n) is 6.12. The van der Waals surface area contributed by atoms with E-state index in [2.05, 4.69) is 65.0 Å². The molecule has 33 heavy (non-hydrogen) atoms. The molecule has 2 aromatic rings. The zero-order chi connectivity index (χ0) is 23.5. The van der Waals surface area contributed by atoms with Crippen molar-refractivity contribution in [3.63, 3.8) is 0 Å². The maximum Gasteiger partial charge on any atom is 0.251 e. The Hall–Kier alpha value is -2.86. The molecule has 3 rings (SSSR count). The van der Waals surface area contributed by atoms with Crippen molar-refractivity contribution in [1.29, 1.82) is 0 Å². The zero-order valence-corrected chi connectivity index (χ0v) is 20.3. The highest BCUT2D eigenvalue weighted by Gasteiger charge is 2.20. The molecule has 0 bridgehead atoms. The average molecular weight is 450 g/mol. The van der Waals surface area contributed by atoms with E-state index in [4.69, 9.17) is 4.99 Å². The third-order valence-corrected chi connectivity index (χ3v) is 6.12. The van der Waals surface area contributed by atoms with Crippen LogP contribution < -0.4 is 16.0 Å². The Labute approximate surface area is 198 Å². The Bertz CT molecular complexity index is 890. The largest absolute Gasteiger partial charge is 0.357 e. The topological polar surface area (TPSA) is 68.8 Å². The Morgan fingerprint density at radius 1 is 1.06 bits per heavy atom. The summed E-state index contributed by atoms with van der Waals surface area (Å²) in [6.07, 6.45) is 3.11. The van der Waals surface area contributed by atoms with Gasteiger partial charge in [-0.3, -0.25) is 9.69 Å². The van der Waals surface area contributed by atoms with Crippen LogP contribution >= 0.6 is 0 Å². The Morgan fingerprint density at radius 2 is 1.79 bits per heavy atom. The highest BCUT2D eigenvalue weighted by Crippen LogP contribution is 2.14. The molecular formula is C27H39N5O. The minimum Gasteiger partial charge on any atom is -0.357 e. The number of aliphatic imine (C=N–C) groups is 1. The summed E-state index contributed by atoms with van der Waals surface area (Å²) < 4.78 is 0. The Morgan fingerprint density at radius 3 is 2.48 bits per heavy atom. The predicted octanol–water partition coefficient (Wildman–Crippen LogP) is 3.93. The van der Waals surface area contributed by atoms with Crippen LogP contribution in [0.25, 0.3) is 0 Å². The number of nitrogens with one attached hydrogen (secondary N) is 3. The maximum absolute atomic E-state index is 12.4. The molecule has 1 saturated heterocycles. The molecule has 1 unspecified atom stereocenters. The first-order valence-corrected chi connectivity index (χ1v) is 12.3. The number of benzene rings is 2. The number of likely N-dealkylation sites (tertiary alicyclic amines) is 1. The molecule has 0 saturated carbocycles. The maximum atomic E-state index is 12.4. The van der Waals surface area contributed by atoms with Gasteiger partial charge in [-0.25, -0.2) is 4.99 Å². The molecule has 2 aromatic carbocycles. The zero-order valence-electron chi connectivity index (χ0n) is 20.3. The van der Waals surface area contributed by atoms with Crippen molar-refractivity contribution >= 4 is 11.9 Å². The molecule has 0 spiro atoms. The Kier molecular flexibility index (Phi) is 9.76. The summed E-state index contributed by atoms with van der Waals surface area (Å²) in [4.78, 5) is 19.7. The minimum absolute atomic E-state index is 0.0255. The lowest BCUT2D eigenvalue weighted by atomic mass is 10.0. The first-order chi connectivity index (χ1) is 16.1. The molecule has 3 N–H and O–H groups in total. The first kappa shape index (κ1) is 24.8. The molecule has 1 fully saturated rings. The van der Waals surface area contributed by atoms with Crippen molar-refractivity contribution in [3.8, 4) is 0 Å². The number of rotatable bonds is 9. The van der Waals surface area contributed by atoms with Gasteiger partial charge in [0.15, 0.2) is 5.96 Å². The summed E-state index contributed by atoms with van der Waals surface area (Å²) in [6.45, 7) is 10.7. The second-order valence-electron chi connectivity index (χ2n) is 8.86. The predicted molar refractivity (Wildman–Crippen MR) is 136 cm³/mol. The number of carbonyl (C=O) groups is 1. The summed E-state index contributed by atoms with van der Waals surface area (Å²) in [6, 6.07) is 19.0. The van der Waals surface area contributed by atoms with Gasteiger partial charge in [-0.15, -0.1) is 0 Å². The molecular weight excluding hydrogens is 410 g/mol. The minimum atomic E-state index is -0.0255. The number of piperidine rings is 1. The van der Waals surface area contributed by atoms with Gasteiger partial charge in [0.05, 0.1) is 6.54 Å². The molecule has 0 aromatic heterocycles. The van der Waals surface area contributed by atoms with Gasteiger partial charge in [-0.2, -0.15) is 0 Å². The molecule has 1 amide bonds. The van der Waals surface area contributed by atoms with Crippen molar-refractivity contribution in [2.24, 2.45) is 4.99 Å². The van der Waals surface area contributed by atoms with Gasteiger partial charge in [-0.05, 0) is 56.4 Å². The van der Waals surface area contributed by atoms with Crippen molar-refractivity contribution < 1.29 is 4.79 Å². The van der Waals surface area contributed by atoms with E-state index in [-0.39, 0.29) is 11.9 Å². The summed E-state index contributed by atoms with van der Waals surface area (Å²) in [5.41, 5.74) is 3.09. The smallest absolute Gasteiger partial charge is 0.251 e. The highest BCUT2D eigenvalue weighted by atomic mass is 16.1. The Balaban J connectivity index is 1.52. The van der Waals surface area contributed by atoms with Gasteiger partial charge in [0, 0.05) is 43.8 Å². The van der Waals surface area contributed by atoms with Crippen LogP contribution in [-0.2, 0) is 13.1 Å². The molecule has 178 valence electrons. The van der Waals surface area contributed by atoms with Crippen LogP contribution in [0.4, 0.5) is 0 Å². The molecule has 1 atom stereocenters. The van der Waals surface area contributed by atoms with E-state index in [1.54, 1.807) is 0 Å². The number of hydrogen-bond acceptors (Lipinski definition) is 3. The van der Waals surface area contributed by atoms with E-state index in [9.17, 15) is 4.79 Å². The van der Waals surface area contributed by atoms with Crippen LogP contribution in [0.15, 0.2) is 59.6 Å². The molecule has 6 nitrogen and oxygen atoms in total. The number of hydrogen-bond donors (Lipinski definition) is 3. The van der Waals surface area contributed by atoms with Crippen LogP contribution in [0, 0.1) is 0 Å². The van der Waals surface area contributed by atoms with Crippen LogP contribution in [0.2, 0.25) is 0 Å². The van der Waals surface area contributed by atoms with Crippen molar-refractivity contribution in [2.45, 2.75) is 65.2 Å². The molecule has 6 heteroatoms. The quantitative estimate of drug-likeness (QED) is 0.401. The SMILES string of the molecule is CCNC(=NCc1cccc(C(=O)NC(C)CC)c1)NC1CCN(Cc2ccccc2)CC1. The van der Waals surface area contributed by atoms with Gasteiger partial charge in [-0.1, -0.05) is 49.4 Å². The fraction of sp³-hybridized carbons (Fsp3) is 0.481. The third kappa shape index (κ3) is 8.21. The van der Waals surface area contributed by atoms with Crippen molar-refractivity contribution in [2.75, 3.05) is 19.6 Å². The van der Waals surface area contributed by atoms with Gasteiger partial charge < -0.3 is 16.0 Å². The molecule has 0 radical (unpaired) electrons. The van der Waals surface area contributed by atoms with E-state index in [1.165, 1.54) is 5.56 Å². The first-order valence-electron chi connectivity index (χ1n) is 12.3. The van der Waals surface area contributed by atoms with Gasteiger partial charge in [0.1, 0.15) is 0 Å². The lowest BCUT2D eigenvalue weighted by Gasteiger charge is -2.33. The summed E-state index contributed by atoms with van der Waals surface area (Å²) in [5.74, 6) is 0.816. The van der Waals surface area contributed by atoms with Gasteiger partial charge in [0.2, 0.25) is 0 Å². The van der Waals surface area contributed by atoms with Crippen LogP contribution in [0.5, 0.6) is 0 Å². The van der Waals surface area contributed by atoms with Crippen molar-refractivity contribution in [3.05, 3.63) is 71.3 Å². The van der Waals surface area contributed by atoms with E-state index in [0.717, 1.165) is 57.0 Å². The standard InChI is InChI=1S/C27H39N5O/c1-4-21(3)30-26(33)24-13-9-12-23(18-24)19-29-27(28-5-2)31-25-14-16-32(17-15-25)20-22-10-7-6-8-11-22/h6-13,18,21,25H,4-5,14-17,19-20H2,1-3H3,(H,30,33)(H2,28,29,31). The summed E-state index contributed by atoms with van der Waals surface area (Å²) >= 11 is 0. The fourth-order valence-electron chi connectivity index (χ4n) is 3.98. The lowest BCUT2D eigenvalue weighted by Crippen LogP contribution is -2.48. The average Bonchev–Trinajstić information content (AvgIpc) is 2.84. The van der Waals surface area contributed by atoms with Gasteiger partial charge in [0.25, 0.3) is 5.91 Å². The lowest BCUT2D eigenvalue weighted by molar-refractivity contribution is 0.0939. The fourth-order valence-corrected chi connectivity index (χ4v) is 3.98. The molecule has 0 aliphatic carbocycles. The number of nitrogens with zero attached hydrogens (tertiary/aromatic N) is 2. The highest BCUT2D eigenvalue weighted by molar-refractivity contribution is 5.94. The second kappa shape index (κ2) is 13.0. The molecule has 1 aliphatic heterocycles. The number of guanidine groups is 1. The number of carbonyl (C=O) groups excluding carboxylic acids is 1. The van der Waals surface area contributed by atoms with Crippen LogP contribution in [0.3, 0.4) is 0 Å². The molecule has 1 aliphatic rings. The van der Waals surface area contributed by atoms with Crippen LogP contribution in [-0.4, -0.2) is 48.5 Å².